The lowest BCUT2D eigenvalue weighted by Gasteiger charge is -2.13. The summed E-state index contributed by atoms with van der Waals surface area (Å²) in [5.74, 6) is -3.86. The normalized spacial score (nSPS) is 11.9. The summed E-state index contributed by atoms with van der Waals surface area (Å²) < 4.78 is 29.5. The predicted octanol–water partition coefficient (Wildman–Crippen LogP) is 4.23. The average molecular weight is 387 g/mol. The average Bonchev–Trinajstić information content (AvgIpc) is 2.56. The summed E-state index contributed by atoms with van der Waals surface area (Å²) in [5, 5.41) is 2.85. The van der Waals surface area contributed by atoms with Crippen molar-refractivity contribution in [2.45, 2.75) is 23.7 Å². The van der Waals surface area contributed by atoms with Gasteiger partial charge in [-0.3, -0.25) is 4.79 Å². The van der Waals surface area contributed by atoms with Crippen molar-refractivity contribution in [2.24, 2.45) is 0 Å². The molecule has 2 aromatic rings. The third-order valence-electron chi connectivity index (χ3n) is 2.93. The predicted molar refractivity (Wildman–Crippen MR) is 91.1 cm³/mol. The maximum atomic E-state index is 12.3. The van der Waals surface area contributed by atoms with Gasteiger partial charge in [0, 0.05) is 21.8 Å². The molecule has 132 valence electrons. The van der Waals surface area contributed by atoms with Crippen molar-refractivity contribution >= 4 is 40.9 Å². The van der Waals surface area contributed by atoms with Crippen molar-refractivity contribution in [3.05, 3.63) is 53.3 Å². The van der Waals surface area contributed by atoms with E-state index in [4.69, 9.17) is 16.3 Å². The Hall–Kier alpha value is -2.19. The minimum absolute atomic E-state index is 0.0134. The van der Waals surface area contributed by atoms with E-state index in [0.29, 0.717) is 27.4 Å². The SMILES string of the molecule is C[C@H](OC(=O)c1cc(Cl)ccn1)C(=O)Nc1ccc(SC(F)F)cc1. The van der Waals surface area contributed by atoms with E-state index in [2.05, 4.69) is 10.3 Å². The zero-order valence-corrected chi connectivity index (χ0v) is 14.5. The molecule has 0 saturated carbocycles. The Bertz CT molecular complexity index is 759. The number of carbonyl (C=O) groups is 2. The molecular weight excluding hydrogens is 374 g/mol. The Morgan fingerprint density at radius 2 is 1.92 bits per heavy atom. The lowest BCUT2D eigenvalue weighted by Crippen LogP contribution is -2.30. The number of esters is 1. The smallest absolute Gasteiger partial charge is 0.357 e. The zero-order valence-electron chi connectivity index (χ0n) is 12.9. The second kappa shape index (κ2) is 8.77. The van der Waals surface area contributed by atoms with E-state index in [0.717, 1.165) is 0 Å². The topological polar surface area (TPSA) is 68.3 Å². The summed E-state index contributed by atoms with van der Waals surface area (Å²) in [6.07, 6.45) is 0.270. The molecule has 0 radical (unpaired) electrons. The maximum absolute atomic E-state index is 12.3. The zero-order chi connectivity index (χ0) is 18.4. The quantitative estimate of drug-likeness (QED) is 0.594. The van der Waals surface area contributed by atoms with Gasteiger partial charge in [0.1, 0.15) is 5.69 Å². The number of halogens is 3. The Morgan fingerprint density at radius 3 is 2.52 bits per heavy atom. The van der Waals surface area contributed by atoms with E-state index < -0.39 is 23.7 Å². The van der Waals surface area contributed by atoms with Gasteiger partial charge < -0.3 is 10.1 Å². The lowest BCUT2D eigenvalue weighted by atomic mass is 10.3. The first-order valence-corrected chi connectivity index (χ1v) is 8.29. The van der Waals surface area contributed by atoms with Crippen molar-refractivity contribution in [1.82, 2.24) is 4.98 Å². The van der Waals surface area contributed by atoms with E-state index in [1.807, 2.05) is 0 Å². The van der Waals surface area contributed by atoms with Gasteiger partial charge in [-0.05, 0) is 43.3 Å². The number of pyridine rings is 1. The highest BCUT2D eigenvalue weighted by atomic mass is 35.5. The van der Waals surface area contributed by atoms with Gasteiger partial charge >= 0.3 is 5.97 Å². The molecule has 0 aliphatic carbocycles. The number of hydrogen-bond acceptors (Lipinski definition) is 5. The largest absolute Gasteiger partial charge is 0.448 e. The second-order valence-corrected chi connectivity index (χ2v) is 6.30. The molecule has 1 atom stereocenters. The van der Waals surface area contributed by atoms with Crippen LogP contribution in [0.25, 0.3) is 0 Å². The van der Waals surface area contributed by atoms with Crippen molar-refractivity contribution in [3.8, 4) is 0 Å². The van der Waals surface area contributed by atoms with Crippen molar-refractivity contribution < 1.29 is 23.1 Å². The highest BCUT2D eigenvalue weighted by Gasteiger charge is 2.20. The summed E-state index contributed by atoms with van der Waals surface area (Å²) in [7, 11) is 0. The Morgan fingerprint density at radius 1 is 1.24 bits per heavy atom. The molecule has 0 aliphatic rings. The van der Waals surface area contributed by atoms with E-state index in [9.17, 15) is 18.4 Å². The van der Waals surface area contributed by atoms with Gasteiger partial charge in [0.05, 0.1) is 0 Å². The first kappa shape index (κ1) is 19.1. The molecule has 1 aromatic carbocycles. The van der Waals surface area contributed by atoms with E-state index in [1.54, 1.807) is 0 Å². The standard InChI is InChI=1S/C16H13ClF2N2O3S/c1-9(24-15(23)13-8-10(17)6-7-20-13)14(22)21-11-2-4-12(5-3-11)25-16(18)19/h2-9,16H,1H3,(H,21,22)/t9-/m0/s1. The lowest BCUT2D eigenvalue weighted by molar-refractivity contribution is -0.123. The molecular formula is C16H13ClF2N2O3S. The molecule has 0 aliphatic heterocycles. The molecule has 5 nitrogen and oxygen atoms in total. The van der Waals surface area contributed by atoms with E-state index in [-0.39, 0.29) is 5.69 Å². The Labute approximate surface area is 151 Å². The number of hydrogen-bond donors (Lipinski definition) is 1. The van der Waals surface area contributed by atoms with Crippen LogP contribution in [-0.2, 0) is 9.53 Å². The van der Waals surface area contributed by atoms with Crippen LogP contribution in [0.5, 0.6) is 0 Å². The van der Waals surface area contributed by atoms with Crippen LogP contribution in [0, 0.1) is 0 Å². The van der Waals surface area contributed by atoms with Gasteiger partial charge in [0.25, 0.3) is 11.7 Å². The van der Waals surface area contributed by atoms with Crippen molar-refractivity contribution in [3.63, 3.8) is 0 Å². The van der Waals surface area contributed by atoms with Crippen LogP contribution in [-0.4, -0.2) is 28.7 Å². The summed E-state index contributed by atoms with van der Waals surface area (Å²) >= 11 is 6.17. The number of ether oxygens (including phenoxy) is 1. The molecule has 0 spiro atoms. The fourth-order valence-corrected chi connectivity index (χ4v) is 2.41. The van der Waals surface area contributed by atoms with Crippen LogP contribution in [0.15, 0.2) is 47.5 Å². The molecule has 0 fully saturated rings. The number of rotatable bonds is 6. The molecule has 9 heteroatoms. The molecule has 1 N–H and O–H groups in total. The fourth-order valence-electron chi connectivity index (χ4n) is 1.75. The number of amides is 1. The van der Waals surface area contributed by atoms with Gasteiger partial charge in [-0.1, -0.05) is 23.4 Å². The summed E-state index contributed by atoms with van der Waals surface area (Å²) in [5.41, 5.74) is 0.382. The highest BCUT2D eigenvalue weighted by molar-refractivity contribution is 7.99. The first-order valence-electron chi connectivity index (χ1n) is 7.03. The van der Waals surface area contributed by atoms with Crippen molar-refractivity contribution in [1.29, 1.82) is 0 Å². The second-order valence-electron chi connectivity index (χ2n) is 4.80. The molecule has 1 amide bonds. The number of aromatic nitrogens is 1. The third kappa shape index (κ3) is 5.99. The minimum Gasteiger partial charge on any atom is -0.448 e. The number of carbonyl (C=O) groups excluding carboxylic acids is 2. The molecule has 2 rings (SSSR count). The van der Waals surface area contributed by atoms with Crippen LogP contribution in [0.4, 0.5) is 14.5 Å². The monoisotopic (exact) mass is 386 g/mol. The summed E-state index contributed by atoms with van der Waals surface area (Å²) in [6, 6.07) is 8.71. The first-order chi connectivity index (χ1) is 11.8. The van der Waals surface area contributed by atoms with Crippen LogP contribution in [0.2, 0.25) is 5.02 Å². The molecule has 0 saturated heterocycles. The van der Waals surface area contributed by atoms with Gasteiger partial charge in [-0.2, -0.15) is 8.78 Å². The van der Waals surface area contributed by atoms with E-state index in [1.165, 1.54) is 49.5 Å². The fraction of sp³-hybridized carbons (Fsp3) is 0.188. The molecule has 1 heterocycles. The van der Waals surface area contributed by atoms with Crippen molar-refractivity contribution in [2.75, 3.05) is 5.32 Å². The number of alkyl halides is 2. The Kier molecular flexibility index (Phi) is 6.72. The van der Waals surface area contributed by atoms with Gasteiger partial charge in [-0.25, -0.2) is 9.78 Å². The van der Waals surface area contributed by atoms with E-state index >= 15 is 0 Å². The summed E-state index contributed by atoms with van der Waals surface area (Å²) in [6.45, 7) is 1.40. The van der Waals surface area contributed by atoms with Gasteiger partial charge in [0.15, 0.2) is 6.10 Å². The van der Waals surface area contributed by atoms with Gasteiger partial charge in [-0.15, -0.1) is 0 Å². The number of nitrogens with one attached hydrogen (secondary N) is 1. The molecule has 0 unspecified atom stereocenters. The number of benzene rings is 1. The maximum Gasteiger partial charge on any atom is 0.357 e. The highest BCUT2D eigenvalue weighted by Crippen LogP contribution is 2.26. The van der Waals surface area contributed by atoms with Crippen LogP contribution in [0.1, 0.15) is 17.4 Å². The number of thioether (sulfide) groups is 1. The Balaban J connectivity index is 1.92. The van der Waals surface area contributed by atoms with Gasteiger partial charge in [0.2, 0.25) is 0 Å². The minimum atomic E-state index is -2.51. The van der Waals surface area contributed by atoms with Crippen LogP contribution < -0.4 is 5.32 Å². The third-order valence-corrected chi connectivity index (χ3v) is 3.89. The van der Waals surface area contributed by atoms with Crippen LogP contribution >= 0.6 is 23.4 Å². The molecule has 25 heavy (non-hydrogen) atoms. The molecule has 1 aromatic heterocycles. The van der Waals surface area contributed by atoms with Crippen LogP contribution in [0.3, 0.4) is 0 Å². The summed E-state index contributed by atoms with van der Waals surface area (Å²) in [4.78, 5) is 28.2. The number of nitrogens with zero attached hydrogens (tertiary/aromatic N) is 1. The number of anilines is 1. The molecule has 0 bridgehead atoms.